The topological polar surface area (TPSA) is 47.9 Å². The van der Waals surface area contributed by atoms with Crippen molar-refractivity contribution in [3.8, 4) is 11.5 Å². The Labute approximate surface area is 120 Å². The third-order valence-corrected chi connectivity index (χ3v) is 4.31. The lowest BCUT2D eigenvalue weighted by molar-refractivity contribution is -0.0104. The second-order valence-electron chi connectivity index (χ2n) is 4.94. The van der Waals surface area contributed by atoms with E-state index < -0.39 is 6.10 Å². The molecule has 0 bridgehead atoms. The Morgan fingerprint density at radius 3 is 2.58 bits per heavy atom. The van der Waals surface area contributed by atoms with E-state index in [1.807, 2.05) is 12.1 Å². The van der Waals surface area contributed by atoms with Gasteiger partial charge in [0.05, 0.1) is 12.7 Å². The second-order valence-corrected chi connectivity index (χ2v) is 5.79. The predicted octanol–water partition coefficient (Wildman–Crippen LogP) is 2.68. The third-order valence-electron chi connectivity index (χ3n) is 3.62. The molecule has 2 aliphatic rings. The maximum atomic E-state index is 10.5. The van der Waals surface area contributed by atoms with E-state index in [9.17, 15) is 5.11 Å². The van der Waals surface area contributed by atoms with Gasteiger partial charge < -0.3 is 19.3 Å². The van der Waals surface area contributed by atoms with Gasteiger partial charge in [0.25, 0.3) is 0 Å². The minimum absolute atomic E-state index is 0.146. The van der Waals surface area contributed by atoms with Crippen molar-refractivity contribution >= 4 is 15.9 Å². The van der Waals surface area contributed by atoms with Crippen LogP contribution in [-0.4, -0.2) is 31.5 Å². The average Bonchev–Trinajstić information content (AvgIpc) is 2.47. The molecule has 104 valence electrons. The molecule has 0 spiro atoms. The van der Waals surface area contributed by atoms with Crippen molar-refractivity contribution in [3.05, 3.63) is 22.2 Å². The van der Waals surface area contributed by atoms with Gasteiger partial charge in [0.1, 0.15) is 13.2 Å². The lowest BCUT2D eigenvalue weighted by atomic mass is 9.91. The van der Waals surface area contributed by atoms with E-state index in [0.717, 1.165) is 35.2 Å². The molecule has 4 nitrogen and oxygen atoms in total. The van der Waals surface area contributed by atoms with Crippen molar-refractivity contribution in [2.75, 3.05) is 26.4 Å². The summed E-state index contributed by atoms with van der Waals surface area (Å²) in [5, 5.41) is 10.5. The van der Waals surface area contributed by atoms with Crippen LogP contribution in [0.1, 0.15) is 24.5 Å². The van der Waals surface area contributed by atoms with Gasteiger partial charge in [-0.25, -0.2) is 0 Å². The number of hydrogen-bond donors (Lipinski definition) is 1. The molecule has 2 heterocycles. The highest BCUT2D eigenvalue weighted by atomic mass is 79.9. The van der Waals surface area contributed by atoms with Crippen molar-refractivity contribution in [3.63, 3.8) is 0 Å². The summed E-state index contributed by atoms with van der Waals surface area (Å²) in [6.07, 6.45) is 1.46. The Balaban J connectivity index is 1.86. The number of aliphatic hydroxyl groups excluding tert-OH is 1. The van der Waals surface area contributed by atoms with Crippen LogP contribution in [0, 0.1) is 5.92 Å². The predicted molar refractivity (Wildman–Crippen MR) is 73.6 cm³/mol. The number of aliphatic hydroxyl groups is 1. The Kier molecular flexibility index (Phi) is 3.96. The first-order valence-electron chi connectivity index (χ1n) is 6.60. The molecule has 2 unspecified atom stereocenters. The highest BCUT2D eigenvalue weighted by Gasteiger charge is 2.27. The Morgan fingerprint density at radius 2 is 1.89 bits per heavy atom. The van der Waals surface area contributed by atoms with Crippen LogP contribution in [0.25, 0.3) is 0 Å². The molecule has 2 aliphatic heterocycles. The van der Waals surface area contributed by atoms with E-state index in [1.165, 1.54) is 0 Å². The fraction of sp³-hybridized carbons (Fsp3) is 0.571. The van der Waals surface area contributed by atoms with Crippen LogP contribution in [0.5, 0.6) is 11.5 Å². The van der Waals surface area contributed by atoms with Gasteiger partial charge in [-0.2, -0.15) is 0 Å². The molecule has 1 saturated heterocycles. The van der Waals surface area contributed by atoms with Gasteiger partial charge in [0.15, 0.2) is 11.5 Å². The maximum Gasteiger partial charge on any atom is 0.162 e. The summed E-state index contributed by atoms with van der Waals surface area (Å²) in [6, 6.07) is 3.74. The third kappa shape index (κ3) is 2.73. The molecule has 1 aromatic rings. The molecular weight excluding hydrogens is 312 g/mol. The Hall–Kier alpha value is -0.780. The molecule has 5 heteroatoms. The molecule has 0 aliphatic carbocycles. The van der Waals surface area contributed by atoms with Crippen molar-refractivity contribution in [1.82, 2.24) is 0 Å². The summed E-state index contributed by atoms with van der Waals surface area (Å²) < 4.78 is 17.4. The van der Waals surface area contributed by atoms with Crippen LogP contribution < -0.4 is 9.47 Å². The number of hydrogen-bond acceptors (Lipinski definition) is 4. The number of rotatable bonds is 2. The summed E-state index contributed by atoms with van der Waals surface area (Å²) in [5.41, 5.74) is 0.847. The van der Waals surface area contributed by atoms with E-state index >= 15 is 0 Å². The molecule has 3 rings (SSSR count). The van der Waals surface area contributed by atoms with Crippen LogP contribution in [0.4, 0.5) is 0 Å². The van der Waals surface area contributed by atoms with Crippen molar-refractivity contribution < 1.29 is 19.3 Å². The summed E-state index contributed by atoms with van der Waals surface area (Å²) in [4.78, 5) is 0. The molecule has 1 aromatic carbocycles. The SMILES string of the molecule is OC(c1cc2c(cc1Br)OCCO2)C1CCCOC1. The molecule has 1 fully saturated rings. The maximum absolute atomic E-state index is 10.5. The molecule has 2 atom stereocenters. The molecule has 0 saturated carbocycles. The zero-order valence-corrected chi connectivity index (χ0v) is 12.2. The van der Waals surface area contributed by atoms with E-state index in [0.29, 0.717) is 25.6 Å². The normalized spacial score (nSPS) is 24.0. The zero-order chi connectivity index (χ0) is 13.2. The fourth-order valence-electron chi connectivity index (χ4n) is 2.57. The van der Waals surface area contributed by atoms with Crippen LogP contribution in [0.3, 0.4) is 0 Å². The number of benzene rings is 1. The minimum Gasteiger partial charge on any atom is -0.486 e. The van der Waals surface area contributed by atoms with Gasteiger partial charge in [-0.1, -0.05) is 15.9 Å². The van der Waals surface area contributed by atoms with Crippen molar-refractivity contribution in [1.29, 1.82) is 0 Å². The first kappa shape index (κ1) is 13.2. The van der Waals surface area contributed by atoms with E-state index in [1.54, 1.807) is 0 Å². The van der Waals surface area contributed by atoms with Gasteiger partial charge in [-0.3, -0.25) is 0 Å². The largest absolute Gasteiger partial charge is 0.486 e. The fourth-order valence-corrected chi connectivity index (χ4v) is 3.13. The van der Waals surface area contributed by atoms with Crippen molar-refractivity contribution in [2.24, 2.45) is 5.92 Å². The first-order chi connectivity index (χ1) is 9.25. The number of ether oxygens (including phenoxy) is 3. The second kappa shape index (κ2) is 5.69. The molecule has 0 aromatic heterocycles. The highest BCUT2D eigenvalue weighted by molar-refractivity contribution is 9.10. The summed E-state index contributed by atoms with van der Waals surface area (Å²) in [7, 11) is 0. The molecule has 19 heavy (non-hydrogen) atoms. The molecule has 1 N–H and O–H groups in total. The van der Waals surface area contributed by atoms with E-state index in [2.05, 4.69) is 15.9 Å². The monoisotopic (exact) mass is 328 g/mol. The lowest BCUT2D eigenvalue weighted by Crippen LogP contribution is -2.24. The minimum atomic E-state index is -0.537. The summed E-state index contributed by atoms with van der Waals surface area (Å²) in [5.74, 6) is 1.59. The van der Waals surface area contributed by atoms with Gasteiger partial charge in [-0.15, -0.1) is 0 Å². The lowest BCUT2D eigenvalue weighted by Gasteiger charge is -2.28. The first-order valence-corrected chi connectivity index (χ1v) is 7.40. The van der Waals surface area contributed by atoms with Crippen molar-refractivity contribution in [2.45, 2.75) is 18.9 Å². The smallest absolute Gasteiger partial charge is 0.162 e. The quantitative estimate of drug-likeness (QED) is 0.906. The van der Waals surface area contributed by atoms with Crippen LogP contribution in [-0.2, 0) is 4.74 Å². The zero-order valence-electron chi connectivity index (χ0n) is 10.6. The van der Waals surface area contributed by atoms with Crippen LogP contribution >= 0.6 is 15.9 Å². The summed E-state index contributed by atoms with van der Waals surface area (Å²) >= 11 is 3.51. The number of halogens is 1. The van der Waals surface area contributed by atoms with E-state index in [4.69, 9.17) is 14.2 Å². The van der Waals surface area contributed by atoms with Gasteiger partial charge in [-0.05, 0) is 30.5 Å². The molecule has 0 radical (unpaired) electrons. The average molecular weight is 329 g/mol. The van der Waals surface area contributed by atoms with Gasteiger partial charge in [0.2, 0.25) is 0 Å². The van der Waals surface area contributed by atoms with E-state index in [-0.39, 0.29) is 5.92 Å². The van der Waals surface area contributed by atoms with Gasteiger partial charge >= 0.3 is 0 Å². The molecular formula is C14H17BrO4. The highest BCUT2D eigenvalue weighted by Crippen LogP contribution is 2.40. The molecule has 0 amide bonds. The van der Waals surface area contributed by atoms with Gasteiger partial charge in [0, 0.05) is 17.0 Å². The van der Waals surface area contributed by atoms with Crippen LogP contribution in [0.15, 0.2) is 16.6 Å². The number of fused-ring (bicyclic) bond motifs is 1. The summed E-state index contributed by atoms with van der Waals surface area (Å²) in [6.45, 7) is 2.53. The van der Waals surface area contributed by atoms with Crippen LogP contribution in [0.2, 0.25) is 0 Å². The standard InChI is InChI=1S/C14H17BrO4/c15-11-7-13-12(18-4-5-19-13)6-10(11)14(16)9-2-1-3-17-8-9/h6-7,9,14,16H,1-5,8H2. The Bertz CT molecular complexity index is 457. The Morgan fingerprint density at radius 1 is 1.16 bits per heavy atom.